The van der Waals surface area contributed by atoms with Gasteiger partial charge in [0.15, 0.2) is 6.61 Å². The number of alkyl halides is 2. The van der Waals surface area contributed by atoms with E-state index in [-0.39, 0.29) is 0 Å². The molecule has 0 aliphatic rings. The Bertz CT molecular complexity index is 374. The summed E-state index contributed by atoms with van der Waals surface area (Å²) < 4.78 is 27.6. The van der Waals surface area contributed by atoms with E-state index in [2.05, 4.69) is 4.74 Å². The predicted octanol–water partition coefficient (Wildman–Crippen LogP) is 3.16. The fourth-order valence-electron chi connectivity index (χ4n) is 0.931. The van der Waals surface area contributed by atoms with E-state index in [1.807, 2.05) is 0 Å². The zero-order valence-electron chi connectivity index (χ0n) is 8.20. The highest BCUT2D eigenvalue weighted by Crippen LogP contribution is 2.10. The van der Waals surface area contributed by atoms with Crippen LogP contribution in [0.25, 0.3) is 6.08 Å². The van der Waals surface area contributed by atoms with Crippen molar-refractivity contribution in [3.63, 3.8) is 0 Å². The molecule has 5 heteroatoms. The van der Waals surface area contributed by atoms with Gasteiger partial charge in [-0.1, -0.05) is 23.7 Å². The molecule has 0 saturated carbocycles. The lowest BCUT2D eigenvalue weighted by molar-refractivity contribution is -0.141. The average molecular weight is 247 g/mol. The average Bonchev–Trinajstić information content (AvgIpc) is 2.25. The van der Waals surface area contributed by atoms with Crippen LogP contribution in [-0.4, -0.2) is 19.0 Å². The largest absolute Gasteiger partial charge is 0.456 e. The van der Waals surface area contributed by atoms with Gasteiger partial charge in [0, 0.05) is 11.1 Å². The van der Waals surface area contributed by atoms with Crippen LogP contribution in [0.1, 0.15) is 5.56 Å². The summed E-state index contributed by atoms with van der Waals surface area (Å²) >= 11 is 5.66. The second-order valence-electron chi connectivity index (χ2n) is 2.91. The molecule has 86 valence electrons. The van der Waals surface area contributed by atoms with Crippen molar-refractivity contribution in [3.8, 4) is 0 Å². The molecule has 2 nitrogen and oxygen atoms in total. The Balaban J connectivity index is 2.47. The molecule has 0 fully saturated rings. The lowest BCUT2D eigenvalue weighted by Gasteiger charge is -1.99. The van der Waals surface area contributed by atoms with Crippen molar-refractivity contribution in [1.82, 2.24) is 0 Å². The lowest BCUT2D eigenvalue weighted by Crippen LogP contribution is -2.08. The number of carbonyl (C=O) groups is 1. The van der Waals surface area contributed by atoms with Gasteiger partial charge >= 0.3 is 5.97 Å². The second-order valence-corrected chi connectivity index (χ2v) is 3.34. The van der Waals surface area contributed by atoms with Crippen LogP contribution in [0.5, 0.6) is 0 Å². The van der Waals surface area contributed by atoms with Crippen LogP contribution < -0.4 is 0 Å². The summed E-state index contributed by atoms with van der Waals surface area (Å²) in [7, 11) is 0. The minimum Gasteiger partial charge on any atom is -0.456 e. The normalized spacial score (nSPS) is 11.0. The molecule has 0 bridgehead atoms. The monoisotopic (exact) mass is 246 g/mol. The van der Waals surface area contributed by atoms with Gasteiger partial charge in [0.1, 0.15) is 0 Å². The van der Waals surface area contributed by atoms with E-state index in [0.29, 0.717) is 5.02 Å². The highest BCUT2D eigenvalue weighted by atomic mass is 35.5. The topological polar surface area (TPSA) is 26.3 Å². The predicted molar refractivity (Wildman–Crippen MR) is 57.4 cm³/mol. The fraction of sp³-hybridized carbons (Fsp3) is 0.182. The Morgan fingerprint density at radius 1 is 1.38 bits per heavy atom. The Morgan fingerprint density at radius 3 is 2.56 bits per heavy atom. The second kappa shape index (κ2) is 6.23. The van der Waals surface area contributed by atoms with Crippen LogP contribution in [0.15, 0.2) is 30.3 Å². The maximum atomic E-state index is 11.7. The summed E-state index contributed by atoms with van der Waals surface area (Å²) in [5.74, 6) is -0.796. The first-order valence-corrected chi connectivity index (χ1v) is 4.84. The highest BCUT2D eigenvalue weighted by molar-refractivity contribution is 6.30. The van der Waals surface area contributed by atoms with Gasteiger partial charge in [-0.15, -0.1) is 0 Å². The summed E-state index contributed by atoms with van der Waals surface area (Å²) in [6.07, 6.45) is -0.0941. The van der Waals surface area contributed by atoms with Crippen molar-refractivity contribution in [2.75, 3.05) is 6.61 Å². The molecule has 16 heavy (non-hydrogen) atoms. The summed E-state index contributed by atoms with van der Waals surface area (Å²) in [6, 6.07) is 6.70. The molecule has 0 atom stereocenters. The first-order valence-electron chi connectivity index (χ1n) is 4.46. The van der Waals surface area contributed by atoms with Gasteiger partial charge in [0.25, 0.3) is 6.43 Å². The lowest BCUT2D eigenvalue weighted by atomic mass is 10.2. The standard InChI is InChI=1S/C11H9ClF2O2/c12-9-4-1-8(2-5-9)3-6-11(15)16-7-10(13)14/h1-6,10H,7H2/b6-3+. The molecule has 0 amide bonds. The molecule has 0 saturated heterocycles. The van der Waals surface area contributed by atoms with Crippen molar-refractivity contribution in [2.45, 2.75) is 6.43 Å². The molecule has 0 aliphatic heterocycles. The molecular formula is C11H9ClF2O2. The minimum absolute atomic E-state index is 0.581. The van der Waals surface area contributed by atoms with Crippen molar-refractivity contribution < 1.29 is 18.3 Å². The molecule has 0 aromatic heterocycles. The number of halogens is 3. The van der Waals surface area contributed by atoms with Crippen LogP contribution in [0.4, 0.5) is 8.78 Å². The first-order chi connectivity index (χ1) is 7.58. The Hall–Kier alpha value is -1.42. The number of rotatable bonds is 4. The quantitative estimate of drug-likeness (QED) is 0.603. The molecule has 0 aliphatic carbocycles. The third kappa shape index (κ3) is 4.89. The third-order valence-corrected chi connectivity index (χ3v) is 1.89. The van der Waals surface area contributed by atoms with Crippen LogP contribution in [-0.2, 0) is 9.53 Å². The van der Waals surface area contributed by atoms with Gasteiger partial charge < -0.3 is 4.74 Å². The van der Waals surface area contributed by atoms with Gasteiger partial charge in [0.2, 0.25) is 0 Å². The SMILES string of the molecule is O=C(/C=C/c1ccc(Cl)cc1)OCC(F)F. The minimum atomic E-state index is -2.65. The maximum Gasteiger partial charge on any atom is 0.330 e. The van der Waals surface area contributed by atoms with Crippen molar-refractivity contribution in [2.24, 2.45) is 0 Å². The number of esters is 1. The molecule has 0 radical (unpaired) electrons. The zero-order chi connectivity index (χ0) is 12.0. The van der Waals surface area contributed by atoms with Crippen molar-refractivity contribution in [3.05, 3.63) is 40.9 Å². The maximum absolute atomic E-state index is 11.7. The molecule has 0 spiro atoms. The van der Waals surface area contributed by atoms with Gasteiger partial charge in [-0.2, -0.15) is 0 Å². The van der Waals surface area contributed by atoms with E-state index in [1.165, 1.54) is 6.08 Å². The molecule has 0 heterocycles. The number of carbonyl (C=O) groups excluding carboxylic acids is 1. The Kier molecular flexibility index (Phi) is 4.92. The zero-order valence-corrected chi connectivity index (χ0v) is 8.95. The fourth-order valence-corrected chi connectivity index (χ4v) is 1.06. The summed E-state index contributed by atoms with van der Waals surface area (Å²) in [5.41, 5.74) is 0.735. The molecule has 1 aromatic rings. The summed E-state index contributed by atoms with van der Waals surface area (Å²) in [4.78, 5) is 10.9. The van der Waals surface area contributed by atoms with Gasteiger partial charge in [0.05, 0.1) is 0 Å². The van der Waals surface area contributed by atoms with Crippen LogP contribution >= 0.6 is 11.6 Å². The van der Waals surface area contributed by atoms with E-state index in [9.17, 15) is 13.6 Å². The third-order valence-electron chi connectivity index (χ3n) is 1.63. The highest BCUT2D eigenvalue weighted by Gasteiger charge is 2.04. The summed E-state index contributed by atoms with van der Waals surface area (Å²) in [6.45, 7) is -0.885. The Labute approximate surface area is 96.5 Å². The molecular weight excluding hydrogens is 238 g/mol. The van der Waals surface area contributed by atoms with Crippen molar-refractivity contribution >= 4 is 23.6 Å². The van der Waals surface area contributed by atoms with E-state index in [0.717, 1.165) is 11.6 Å². The molecule has 0 unspecified atom stereocenters. The Morgan fingerprint density at radius 2 is 2.00 bits per heavy atom. The molecule has 0 N–H and O–H groups in total. The summed E-state index contributed by atoms with van der Waals surface area (Å²) in [5, 5.41) is 0.581. The van der Waals surface area contributed by atoms with Gasteiger partial charge in [-0.3, -0.25) is 0 Å². The van der Waals surface area contributed by atoms with Crippen LogP contribution in [0.2, 0.25) is 5.02 Å². The van der Waals surface area contributed by atoms with E-state index in [4.69, 9.17) is 11.6 Å². The van der Waals surface area contributed by atoms with E-state index < -0.39 is 19.0 Å². The van der Waals surface area contributed by atoms with Gasteiger partial charge in [-0.05, 0) is 23.8 Å². The number of hydrogen-bond acceptors (Lipinski definition) is 2. The van der Waals surface area contributed by atoms with Gasteiger partial charge in [-0.25, -0.2) is 13.6 Å². The smallest absolute Gasteiger partial charge is 0.330 e. The molecule has 1 rings (SSSR count). The van der Waals surface area contributed by atoms with E-state index in [1.54, 1.807) is 24.3 Å². The van der Waals surface area contributed by atoms with Crippen molar-refractivity contribution in [1.29, 1.82) is 0 Å². The van der Waals surface area contributed by atoms with Crippen LogP contribution in [0, 0.1) is 0 Å². The first kappa shape index (κ1) is 12.6. The van der Waals surface area contributed by atoms with Crippen LogP contribution in [0.3, 0.4) is 0 Å². The van der Waals surface area contributed by atoms with E-state index >= 15 is 0 Å². The number of benzene rings is 1. The molecule has 1 aromatic carbocycles. The number of hydrogen-bond donors (Lipinski definition) is 0. The number of ether oxygens (including phenoxy) is 1.